The van der Waals surface area contributed by atoms with Gasteiger partial charge in [0, 0.05) is 11.3 Å². The van der Waals surface area contributed by atoms with Gasteiger partial charge in [0.05, 0.1) is 16.8 Å². The smallest absolute Gasteiger partial charge is 0.411 e. The zero-order chi connectivity index (χ0) is 20.3. The predicted molar refractivity (Wildman–Crippen MR) is 113 cm³/mol. The van der Waals surface area contributed by atoms with Gasteiger partial charge in [-0.25, -0.2) is 14.8 Å². The lowest BCUT2D eigenvalue weighted by Crippen LogP contribution is -2.13. The molecule has 0 saturated heterocycles. The predicted octanol–water partition coefficient (Wildman–Crippen LogP) is 3.50. The number of nitrogens with one attached hydrogen (secondary N) is 1. The number of hydrogen-bond donors (Lipinski definition) is 3. The van der Waals surface area contributed by atoms with Crippen LogP contribution in [0.4, 0.5) is 16.2 Å². The van der Waals surface area contributed by atoms with Crippen LogP contribution in [0.1, 0.15) is 9.67 Å². The molecule has 2 heterocycles. The number of nitrogens with two attached hydrogens (primary N) is 2. The van der Waals surface area contributed by atoms with Crippen LogP contribution >= 0.6 is 23.1 Å². The van der Waals surface area contributed by atoms with Gasteiger partial charge in [0.1, 0.15) is 16.3 Å². The molecule has 0 aliphatic carbocycles. The molecule has 0 radical (unpaired) electrons. The summed E-state index contributed by atoms with van der Waals surface area (Å²) in [5.74, 6) is -0.613. The van der Waals surface area contributed by atoms with Gasteiger partial charge in [0.25, 0.3) is 5.91 Å². The highest BCUT2D eigenvalue weighted by Crippen LogP contribution is 2.39. The number of thioether (sulfide) groups is 1. The lowest BCUT2D eigenvalue weighted by molar-refractivity contribution is 0.100. The molecule has 2 aromatic heterocycles. The van der Waals surface area contributed by atoms with Crippen LogP contribution in [0.15, 0.2) is 42.1 Å². The topological polar surface area (TPSA) is 133 Å². The standard InChI is InChI=1S/C18H17N5O3S2/c1-3-7-26-18(25)21-10-6-4-5-9(8-10)13-11-12(19)14(15(20)24)28-16(11)23-17(22-13)27-2/h3-6,8H,1,7,19H2,2H3,(H2,20,24)(H,21,25). The summed E-state index contributed by atoms with van der Waals surface area (Å²) in [6.07, 6.45) is 2.73. The van der Waals surface area contributed by atoms with Gasteiger partial charge in [0.15, 0.2) is 5.16 Å². The molecule has 0 atom stereocenters. The second kappa shape index (κ2) is 8.28. The van der Waals surface area contributed by atoms with E-state index in [-0.39, 0.29) is 17.2 Å². The van der Waals surface area contributed by atoms with Crippen molar-refractivity contribution in [2.24, 2.45) is 5.73 Å². The van der Waals surface area contributed by atoms with Crippen molar-refractivity contribution in [3.63, 3.8) is 0 Å². The molecule has 3 aromatic rings. The summed E-state index contributed by atoms with van der Waals surface area (Å²) in [7, 11) is 0. The van der Waals surface area contributed by atoms with Crippen LogP contribution in [-0.2, 0) is 4.74 Å². The highest BCUT2D eigenvalue weighted by Gasteiger charge is 2.21. The van der Waals surface area contributed by atoms with Crippen LogP contribution in [-0.4, -0.2) is 34.8 Å². The average Bonchev–Trinajstić information content (AvgIpc) is 3.02. The van der Waals surface area contributed by atoms with Gasteiger partial charge in [-0.1, -0.05) is 36.5 Å². The quantitative estimate of drug-likeness (QED) is 0.319. The van der Waals surface area contributed by atoms with Crippen LogP contribution < -0.4 is 16.8 Å². The maximum Gasteiger partial charge on any atom is 0.411 e. The number of benzene rings is 1. The molecule has 144 valence electrons. The van der Waals surface area contributed by atoms with Crippen molar-refractivity contribution >= 4 is 56.7 Å². The number of anilines is 2. The normalized spacial score (nSPS) is 10.6. The number of rotatable bonds is 6. The number of hydrogen-bond acceptors (Lipinski definition) is 8. The van der Waals surface area contributed by atoms with Gasteiger partial charge in [-0.05, 0) is 18.4 Å². The van der Waals surface area contributed by atoms with Gasteiger partial charge in [0.2, 0.25) is 0 Å². The molecule has 0 spiro atoms. The van der Waals surface area contributed by atoms with E-state index in [1.54, 1.807) is 18.2 Å². The van der Waals surface area contributed by atoms with E-state index in [0.29, 0.717) is 32.3 Å². The van der Waals surface area contributed by atoms with Crippen molar-refractivity contribution in [3.05, 3.63) is 41.8 Å². The Kier molecular flexibility index (Phi) is 5.81. The molecule has 0 saturated carbocycles. The maximum atomic E-state index is 11.8. The average molecular weight is 416 g/mol. The first-order chi connectivity index (χ1) is 13.4. The van der Waals surface area contributed by atoms with E-state index < -0.39 is 12.0 Å². The minimum atomic E-state index is -0.613. The molecule has 0 unspecified atom stereocenters. The van der Waals surface area contributed by atoms with Crippen LogP contribution in [0.5, 0.6) is 0 Å². The molecule has 8 nitrogen and oxygen atoms in total. The highest BCUT2D eigenvalue weighted by atomic mass is 32.2. The Balaban J connectivity index is 2.10. The summed E-state index contributed by atoms with van der Waals surface area (Å²) in [4.78, 5) is 33.3. The fraction of sp³-hybridized carbons (Fsp3) is 0.111. The third kappa shape index (κ3) is 3.92. The maximum absolute atomic E-state index is 11.8. The van der Waals surface area contributed by atoms with Crippen LogP contribution in [0, 0.1) is 0 Å². The molecule has 0 fully saturated rings. The van der Waals surface area contributed by atoms with E-state index in [1.165, 1.54) is 17.8 Å². The van der Waals surface area contributed by atoms with E-state index in [0.717, 1.165) is 11.3 Å². The van der Waals surface area contributed by atoms with Gasteiger partial charge < -0.3 is 16.2 Å². The second-order valence-corrected chi connectivity index (χ2v) is 7.31. The number of nitrogens with zero attached hydrogens (tertiary/aromatic N) is 2. The lowest BCUT2D eigenvalue weighted by Gasteiger charge is -2.09. The van der Waals surface area contributed by atoms with Crippen molar-refractivity contribution in [2.75, 3.05) is 23.9 Å². The molecule has 3 rings (SSSR count). The zero-order valence-corrected chi connectivity index (χ0v) is 16.5. The third-order valence-corrected chi connectivity index (χ3v) is 5.35. The highest BCUT2D eigenvalue weighted by molar-refractivity contribution is 7.98. The fourth-order valence-electron chi connectivity index (χ4n) is 2.52. The fourth-order valence-corrected chi connectivity index (χ4v) is 3.89. The molecule has 10 heteroatoms. The van der Waals surface area contributed by atoms with Crippen molar-refractivity contribution in [3.8, 4) is 11.3 Å². The molecule has 28 heavy (non-hydrogen) atoms. The Morgan fingerprint density at radius 1 is 1.39 bits per heavy atom. The van der Waals surface area contributed by atoms with Gasteiger partial charge >= 0.3 is 6.09 Å². The van der Waals surface area contributed by atoms with Gasteiger partial charge in [-0.2, -0.15) is 0 Å². The number of ether oxygens (including phenoxy) is 1. The summed E-state index contributed by atoms with van der Waals surface area (Å²) in [5.41, 5.74) is 13.6. The molecule has 0 aliphatic rings. The van der Waals surface area contributed by atoms with Crippen LogP contribution in [0.3, 0.4) is 0 Å². The van der Waals surface area contributed by atoms with Crippen molar-refractivity contribution in [1.82, 2.24) is 9.97 Å². The minimum Gasteiger partial charge on any atom is -0.445 e. The lowest BCUT2D eigenvalue weighted by atomic mass is 10.1. The number of carbonyl (C=O) groups is 2. The number of carbonyl (C=O) groups excluding carboxylic acids is 2. The van der Waals surface area contributed by atoms with E-state index >= 15 is 0 Å². The summed E-state index contributed by atoms with van der Waals surface area (Å²) >= 11 is 2.50. The number of fused-ring (bicyclic) bond motifs is 1. The number of amides is 2. The Bertz CT molecular complexity index is 1080. The first-order valence-electron chi connectivity index (χ1n) is 8.03. The van der Waals surface area contributed by atoms with Crippen molar-refractivity contribution < 1.29 is 14.3 Å². The number of primary amides is 1. The molecule has 1 aromatic carbocycles. The largest absolute Gasteiger partial charge is 0.445 e. The number of nitrogen functional groups attached to an aromatic ring is 1. The van der Waals surface area contributed by atoms with E-state index in [1.807, 2.05) is 12.3 Å². The van der Waals surface area contributed by atoms with E-state index in [9.17, 15) is 9.59 Å². The first-order valence-corrected chi connectivity index (χ1v) is 10.1. The van der Waals surface area contributed by atoms with Crippen LogP contribution in [0.25, 0.3) is 21.5 Å². The molecule has 2 amide bonds. The number of thiophene rings is 1. The summed E-state index contributed by atoms with van der Waals surface area (Å²) in [5, 5.41) is 3.73. The van der Waals surface area contributed by atoms with Gasteiger partial charge in [-0.15, -0.1) is 11.3 Å². The Morgan fingerprint density at radius 3 is 2.86 bits per heavy atom. The number of aromatic nitrogens is 2. The zero-order valence-electron chi connectivity index (χ0n) is 14.9. The summed E-state index contributed by atoms with van der Waals surface area (Å²) in [6.45, 7) is 3.60. The van der Waals surface area contributed by atoms with Gasteiger partial charge in [-0.3, -0.25) is 10.1 Å². The Labute approximate surface area is 169 Å². The van der Waals surface area contributed by atoms with E-state index in [4.69, 9.17) is 16.2 Å². The molecular weight excluding hydrogens is 398 g/mol. The molecular formula is C18H17N5O3S2. The molecule has 5 N–H and O–H groups in total. The summed E-state index contributed by atoms with van der Waals surface area (Å²) < 4.78 is 4.93. The minimum absolute atomic E-state index is 0.108. The Morgan fingerprint density at radius 2 is 2.18 bits per heavy atom. The van der Waals surface area contributed by atoms with E-state index in [2.05, 4.69) is 21.9 Å². The first kappa shape index (κ1) is 19.6. The van der Waals surface area contributed by atoms with Crippen molar-refractivity contribution in [2.45, 2.75) is 5.16 Å². The third-order valence-electron chi connectivity index (χ3n) is 3.69. The SMILES string of the molecule is C=CCOC(=O)Nc1cccc(-c2nc(SC)nc3sc(C(N)=O)c(N)c23)c1. The Hall–Kier alpha value is -3.11. The molecule has 0 aliphatic heterocycles. The van der Waals surface area contributed by atoms with Crippen LogP contribution in [0.2, 0.25) is 0 Å². The summed E-state index contributed by atoms with van der Waals surface area (Å²) in [6, 6.07) is 7.05. The monoisotopic (exact) mass is 415 g/mol. The van der Waals surface area contributed by atoms with Crippen molar-refractivity contribution in [1.29, 1.82) is 0 Å². The molecule has 0 bridgehead atoms. The second-order valence-electron chi connectivity index (χ2n) is 5.54.